The van der Waals surface area contributed by atoms with Crippen molar-refractivity contribution in [1.82, 2.24) is 9.88 Å². The number of carbonyl (C=O) groups is 2. The molecule has 0 bridgehead atoms. The summed E-state index contributed by atoms with van der Waals surface area (Å²) in [6, 6.07) is 12.2. The Morgan fingerprint density at radius 1 is 1.03 bits per heavy atom. The summed E-state index contributed by atoms with van der Waals surface area (Å²) >= 11 is 0. The highest BCUT2D eigenvalue weighted by atomic mass is 19.1. The zero-order chi connectivity index (χ0) is 24.1. The SMILES string of the molecule is CCOC(=O)c1[nH]c(C)c(CN(Cc2ccc(C)cc2)C(=O)Nc2ccc(C)c(F)c2)c1C. The second-order valence-corrected chi connectivity index (χ2v) is 8.18. The number of carbonyl (C=O) groups excluding carboxylic acids is 2. The number of aromatic nitrogens is 1. The lowest BCUT2D eigenvalue weighted by Gasteiger charge is -2.24. The fraction of sp³-hybridized carbons (Fsp3) is 0.308. The van der Waals surface area contributed by atoms with Gasteiger partial charge in [0.2, 0.25) is 0 Å². The fourth-order valence-corrected chi connectivity index (χ4v) is 3.61. The van der Waals surface area contributed by atoms with Crippen molar-refractivity contribution in [3.05, 3.63) is 87.5 Å². The number of aryl methyl sites for hydroxylation is 3. The molecule has 0 atom stereocenters. The number of hydrogen-bond acceptors (Lipinski definition) is 3. The van der Waals surface area contributed by atoms with E-state index in [9.17, 15) is 14.0 Å². The highest BCUT2D eigenvalue weighted by Crippen LogP contribution is 2.23. The van der Waals surface area contributed by atoms with E-state index in [-0.39, 0.29) is 25.0 Å². The van der Waals surface area contributed by atoms with Crippen LogP contribution in [0, 0.1) is 33.5 Å². The third kappa shape index (κ3) is 5.80. The van der Waals surface area contributed by atoms with Gasteiger partial charge in [-0.25, -0.2) is 14.0 Å². The minimum Gasteiger partial charge on any atom is -0.461 e. The molecular weight excluding hydrogens is 421 g/mol. The second-order valence-electron chi connectivity index (χ2n) is 8.18. The monoisotopic (exact) mass is 451 g/mol. The van der Waals surface area contributed by atoms with Crippen LogP contribution in [0.3, 0.4) is 0 Å². The zero-order valence-electron chi connectivity index (χ0n) is 19.7. The molecule has 2 aromatic carbocycles. The van der Waals surface area contributed by atoms with Crippen LogP contribution in [-0.4, -0.2) is 28.5 Å². The highest BCUT2D eigenvalue weighted by Gasteiger charge is 2.23. The van der Waals surface area contributed by atoms with Gasteiger partial charge in [-0.1, -0.05) is 35.9 Å². The van der Waals surface area contributed by atoms with Gasteiger partial charge in [0.15, 0.2) is 0 Å². The molecule has 0 unspecified atom stereocenters. The second kappa shape index (κ2) is 10.3. The van der Waals surface area contributed by atoms with Crippen LogP contribution in [0.1, 0.15) is 50.9 Å². The standard InChI is InChI=1S/C26H30FN3O3/c1-6-33-25(31)24-18(4)22(19(5)28-24)15-30(14-20-10-7-16(2)8-11-20)26(32)29-21-12-9-17(3)23(27)13-21/h7-13,28H,6,14-15H2,1-5H3,(H,29,32). The van der Waals surface area contributed by atoms with Crippen molar-refractivity contribution >= 4 is 17.7 Å². The molecule has 2 N–H and O–H groups in total. The first-order chi connectivity index (χ1) is 15.7. The zero-order valence-corrected chi connectivity index (χ0v) is 19.7. The maximum atomic E-state index is 14.0. The largest absolute Gasteiger partial charge is 0.461 e. The first-order valence-electron chi connectivity index (χ1n) is 10.9. The number of nitrogens with one attached hydrogen (secondary N) is 2. The van der Waals surface area contributed by atoms with E-state index in [2.05, 4.69) is 10.3 Å². The minimum absolute atomic E-state index is 0.266. The number of benzene rings is 2. The van der Waals surface area contributed by atoms with Crippen LogP contribution in [0.15, 0.2) is 42.5 Å². The first-order valence-corrected chi connectivity index (χ1v) is 10.9. The first kappa shape index (κ1) is 24.0. The molecule has 0 saturated heterocycles. The maximum absolute atomic E-state index is 14.0. The molecule has 0 saturated carbocycles. The number of urea groups is 1. The van der Waals surface area contributed by atoms with E-state index in [1.165, 1.54) is 6.07 Å². The third-order valence-corrected chi connectivity index (χ3v) is 5.63. The van der Waals surface area contributed by atoms with Crippen molar-refractivity contribution in [2.24, 2.45) is 0 Å². The Kier molecular flexibility index (Phi) is 7.53. The van der Waals surface area contributed by atoms with Crippen molar-refractivity contribution in [2.45, 2.75) is 47.7 Å². The van der Waals surface area contributed by atoms with Gasteiger partial charge < -0.3 is 19.9 Å². The predicted octanol–water partition coefficient (Wildman–Crippen LogP) is 5.80. The number of ether oxygens (including phenoxy) is 1. The van der Waals surface area contributed by atoms with E-state index in [1.807, 2.05) is 45.0 Å². The average Bonchev–Trinajstić information content (AvgIpc) is 3.05. The molecule has 1 heterocycles. The van der Waals surface area contributed by atoms with E-state index >= 15 is 0 Å². The Morgan fingerprint density at radius 2 is 1.73 bits per heavy atom. The highest BCUT2D eigenvalue weighted by molar-refractivity contribution is 5.91. The Balaban J connectivity index is 1.90. The van der Waals surface area contributed by atoms with Crippen LogP contribution < -0.4 is 5.32 Å². The number of halogens is 1. The van der Waals surface area contributed by atoms with Crippen LogP contribution in [0.2, 0.25) is 0 Å². The average molecular weight is 452 g/mol. The summed E-state index contributed by atoms with van der Waals surface area (Å²) in [7, 11) is 0. The van der Waals surface area contributed by atoms with Gasteiger partial charge in [-0.05, 0) is 69.0 Å². The molecule has 3 aromatic rings. The molecular formula is C26H30FN3O3. The van der Waals surface area contributed by atoms with Crippen molar-refractivity contribution in [1.29, 1.82) is 0 Å². The predicted molar refractivity (Wildman–Crippen MR) is 127 cm³/mol. The van der Waals surface area contributed by atoms with Gasteiger partial charge in [-0.2, -0.15) is 0 Å². The Hall–Kier alpha value is -3.61. The molecule has 33 heavy (non-hydrogen) atoms. The van der Waals surface area contributed by atoms with Gasteiger partial charge in [-0.15, -0.1) is 0 Å². The van der Waals surface area contributed by atoms with Gasteiger partial charge in [0, 0.05) is 24.5 Å². The molecule has 3 rings (SSSR count). The molecule has 0 radical (unpaired) electrons. The maximum Gasteiger partial charge on any atom is 0.355 e. The summed E-state index contributed by atoms with van der Waals surface area (Å²) in [6.45, 7) is 10.0. The number of esters is 1. The Labute approximate surface area is 193 Å². The molecule has 0 aliphatic carbocycles. The van der Waals surface area contributed by atoms with Crippen LogP contribution in [-0.2, 0) is 17.8 Å². The van der Waals surface area contributed by atoms with Crippen molar-refractivity contribution in [3.63, 3.8) is 0 Å². The topological polar surface area (TPSA) is 74.4 Å². The van der Waals surface area contributed by atoms with E-state index < -0.39 is 5.97 Å². The minimum atomic E-state index is -0.422. The third-order valence-electron chi connectivity index (χ3n) is 5.63. The van der Waals surface area contributed by atoms with Gasteiger partial charge in [0.25, 0.3) is 0 Å². The van der Waals surface area contributed by atoms with Crippen LogP contribution >= 0.6 is 0 Å². The van der Waals surface area contributed by atoms with E-state index in [0.29, 0.717) is 23.5 Å². The molecule has 6 nitrogen and oxygen atoms in total. The van der Waals surface area contributed by atoms with Gasteiger partial charge >= 0.3 is 12.0 Å². The lowest BCUT2D eigenvalue weighted by Crippen LogP contribution is -2.34. The Bertz CT molecular complexity index is 1150. The summed E-state index contributed by atoms with van der Waals surface area (Å²) in [5.74, 6) is -0.802. The van der Waals surface area contributed by atoms with Crippen molar-refractivity contribution in [2.75, 3.05) is 11.9 Å². The molecule has 7 heteroatoms. The number of nitrogens with zero attached hydrogens (tertiary/aromatic N) is 1. The van der Waals surface area contributed by atoms with Crippen LogP contribution in [0.4, 0.5) is 14.9 Å². The Morgan fingerprint density at radius 3 is 2.36 bits per heavy atom. The molecule has 0 aliphatic rings. The van der Waals surface area contributed by atoms with Crippen molar-refractivity contribution in [3.8, 4) is 0 Å². The summed E-state index contributed by atoms with van der Waals surface area (Å²) in [4.78, 5) is 30.3. The molecule has 0 spiro atoms. The van der Waals surface area contributed by atoms with Gasteiger partial charge in [0.1, 0.15) is 11.5 Å². The van der Waals surface area contributed by atoms with E-state index in [1.54, 1.807) is 30.9 Å². The van der Waals surface area contributed by atoms with Crippen molar-refractivity contribution < 1.29 is 18.7 Å². The number of amides is 2. The van der Waals surface area contributed by atoms with E-state index in [4.69, 9.17) is 4.74 Å². The lowest BCUT2D eigenvalue weighted by molar-refractivity contribution is 0.0519. The summed E-state index contributed by atoms with van der Waals surface area (Å²) < 4.78 is 19.1. The summed E-state index contributed by atoms with van der Waals surface area (Å²) in [6.07, 6.45) is 0. The molecule has 2 amide bonds. The molecule has 1 aromatic heterocycles. The molecule has 174 valence electrons. The number of hydrogen-bond donors (Lipinski definition) is 2. The van der Waals surface area contributed by atoms with Gasteiger partial charge in [-0.3, -0.25) is 0 Å². The van der Waals surface area contributed by atoms with Crippen LogP contribution in [0.25, 0.3) is 0 Å². The smallest absolute Gasteiger partial charge is 0.355 e. The summed E-state index contributed by atoms with van der Waals surface area (Å²) in [5, 5.41) is 2.80. The summed E-state index contributed by atoms with van der Waals surface area (Å²) in [5.41, 5.74) is 5.74. The number of rotatable bonds is 7. The number of aromatic amines is 1. The fourth-order valence-electron chi connectivity index (χ4n) is 3.61. The van der Waals surface area contributed by atoms with Gasteiger partial charge in [0.05, 0.1) is 6.61 Å². The normalized spacial score (nSPS) is 10.7. The molecule has 0 fully saturated rings. The van der Waals surface area contributed by atoms with Crippen LogP contribution in [0.5, 0.6) is 0 Å². The number of anilines is 1. The van der Waals surface area contributed by atoms with E-state index in [0.717, 1.165) is 27.9 Å². The lowest BCUT2D eigenvalue weighted by atomic mass is 10.1. The number of H-pyrrole nitrogens is 1. The quantitative estimate of drug-likeness (QED) is 0.446. The molecule has 0 aliphatic heterocycles.